The summed E-state index contributed by atoms with van der Waals surface area (Å²) in [5.74, 6) is 0.943. The Kier molecular flexibility index (Phi) is 65.7. The molecule has 0 saturated carbocycles. The van der Waals surface area contributed by atoms with Gasteiger partial charge in [0.2, 0.25) is 0 Å². The third-order valence-corrected chi connectivity index (χ3v) is 34.5. The predicted molar refractivity (Wildman–Crippen MR) is 583 cm³/mol. The quantitative estimate of drug-likeness (QED) is 0.00944. The molecule has 0 fully saturated rings. The zero-order valence-electron chi connectivity index (χ0n) is 78.8. The Morgan fingerprint density at radius 2 is 0.500 bits per heavy atom. The maximum absolute atomic E-state index is 11.0. The summed E-state index contributed by atoms with van der Waals surface area (Å²) in [5, 5.41) is 11.3. The molecule has 0 unspecified atom stereocenters. The van der Waals surface area contributed by atoms with Crippen LogP contribution in [0.4, 0.5) is 0 Å². The van der Waals surface area contributed by atoms with Crippen LogP contribution >= 0.6 is 58.1 Å². The zero-order valence-corrected chi connectivity index (χ0v) is 87.5. The van der Waals surface area contributed by atoms with E-state index in [1.165, 1.54) is 259 Å². The van der Waals surface area contributed by atoms with Crippen LogP contribution in [0.3, 0.4) is 0 Å². The van der Waals surface area contributed by atoms with Crippen LogP contribution in [0.25, 0.3) is 0 Å². The molecule has 0 aromatic heterocycles. The van der Waals surface area contributed by atoms with E-state index in [-0.39, 0.29) is 45.1 Å². The molecule has 0 aliphatic heterocycles. The molecular formula is C120H155Br3MgOP2S+2. The van der Waals surface area contributed by atoms with E-state index >= 15 is 0 Å². The van der Waals surface area contributed by atoms with Gasteiger partial charge in [-0.1, -0.05) is 383 Å². The van der Waals surface area contributed by atoms with Crippen molar-refractivity contribution in [2.45, 2.75) is 257 Å². The van der Waals surface area contributed by atoms with Crippen LogP contribution in [-0.4, -0.2) is 51.6 Å². The number of rotatable bonds is 53. The van der Waals surface area contributed by atoms with Gasteiger partial charge in [-0.15, -0.1) is 26.3 Å². The first-order chi connectivity index (χ1) is 62.0. The summed E-state index contributed by atoms with van der Waals surface area (Å²) in [6.45, 7) is 24.9. The van der Waals surface area contributed by atoms with Gasteiger partial charge in [-0.25, -0.2) is 0 Å². The first-order valence-corrected chi connectivity index (χ1v) is 55.2. The van der Waals surface area contributed by atoms with Crippen LogP contribution in [0.15, 0.2) is 354 Å². The number of unbranched alkanes of at least 4 members (excludes halogenated alkanes) is 17. The van der Waals surface area contributed by atoms with Gasteiger partial charge in [0.25, 0.3) is 0 Å². The van der Waals surface area contributed by atoms with Crippen LogP contribution < -0.4 is 48.8 Å². The van der Waals surface area contributed by atoms with Crippen molar-refractivity contribution >= 4 is 118 Å². The number of halogens is 3. The number of benzene rings is 11. The smallest absolute Gasteiger partial charge is 1.00 e. The van der Waals surface area contributed by atoms with Crippen molar-refractivity contribution in [3.05, 3.63) is 416 Å². The molecule has 0 N–H and O–H groups in total. The second kappa shape index (κ2) is 74.0. The van der Waals surface area contributed by atoms with Gasteiger partial charge in [0.05, 0.1) is 12.3 Å². The fourth-order valence-corrected chi connectivity index (χ4v) is 26.2. The summed E-state index contributed by atoms with van der Waals surface area (Å²) in [4.78, 5) is 11.0. The molecule has 678 valence electrons. The number of carbonyl (C=O) groups excluding carboxylic acids is 1. The zero-order chi connectivity index (χ0) is 89.7. The van der Waals surface area contributed by atoms with Crippen molar-refractivity contribution in [3.63, 3.8) is 0 Å². The molecular weight excluding hydrogens is 1820 g/mol. The van der Waals surface area contributed by atoms with Crippen molar-refractivity contribution in [2.75, 3.05) is 23.4 Å². The average Bonchev–Trinajstić information content (AvgIpc) is 0.763. The van der Waals surface area contributed by atoms with Crippen molar-refractivity contribution in [3.8, 4) is 0 Å². The maximum atomic E-state index is 11.0. The molecule has 8 heteroatoms. The van der Waals surface area contributed by atoms with Crippen molar-refractivity contribution in [2.24, 2.45) is 0 Å². The van der Waals surface area contributed by atoms with Gasteiger partial charge in [-0.05, 0) is 283 Å². The standard InChI is InChI=1S/C36H42OPS.C34H38P.C17H26.C16H23Br.C11H13Br.C6H13.BrH.Mg/c1-31(37)39-30-16-14-18-33-27-25-32(26-28-33)17-7-2-3-15-29-38(34-19-8-4-9-20-34,35-21-10-5-11-22-35)36-23-12-6-13-24-36;1-2-3-17-30-25-27-31(28-26-30)18-9-4-5-16-29-35(32-19-10-6-11-20-32,33-21-12-7-13-22-33)34-23-14-8-15-24-34;1-3-5-7-8-9-11-17-14-12-16(13-15-17)10-6-4-2;1-2-3-8-15-10-12-16(13-11-15)9-6-4-5-7-14-17;1-2-3-4-10-5-7-11(9-12)8-6-10;1-3-5-6-4-2;;/h4-6,8-13,19-28H,2-3,7,14-18,29-30H2,1H3;2,6-8,10-15,19-28H,1,3-5,9,16-18,29H2;4,12-15H,2-3,5-11H2,1H3;2,10-13H,1,3-9,14H2;2,5-8H,1,3-4,9H2;1,3-6H2,2H3;1H;/q2*+1;;;;-1;;+2/p-1. The molecule has 11 rings (SSSR count). The summed E-state index contributed by atoms with van der Waals surface area (Å²) >= 11 is 8.33. The van der Waals surface area contributed by atoms with Gasteiger partial charge in [-0.2, -0.15) is 6.42 Å². The van der Waals surface area contributed by atoms with E-state index in [9.17, 15) is 4.79 Å². The predicted octanol–water partition coefficient (Wildman–Crippen LogP) is 29.6. The molecule has 0 spiro atoms. The summed E-state index contributed by atoms with van der Waals surface area (Å²) in [6, 6.07) is 113. The van der Waals surface area contributed by atoms with Crippen molar-refractivity contribution in [1.29, 1.82) is 0 Å². The molecule has 1 nitrogen and oxygen atoms in total. The molecule has 0 amide bonds. The Hall–Kier alpha value is -6.53. The number of thioether (sulfide) groups is 1. The van der Waals surface area contributed by atoms with Gasteiger partial charge in [0.1, 0.15) is 46.4 Å². The largest absolute Gasteiger partial charge is 2.00 e. The summed E-state index contributed by atoms with van der Waals surface area (Å²) in [5.41, 5.74) is 14.3. The molecule has 128 heavy (non-hydrogen) atoms. The Bertz CT molecular complexity index is 4250. The summed E-state index contributed by atoms with van der Waals surface area (Å²) < 4.78 is 0. The van der Waals surface area contributed by atoms with Crippen LogP contribution in [0.1, 0.15) is 250 Å². The second-order valence-electron chi connectivity index (χ2n) is 33.3. The van der Waals surface area contributed by atoms with Crippen LogP contribution in [-0.2, 0) is 67.9 Å². The van der Waals surface area contributed by atoms with E-state index in [0.29, 0.717) is 0 Å². The summed E-state index contributed by atoms with van der Waals surface area (Å²) in [6.07, 6.45) is 54.6. The molecule has 0 aliphatic carbocycles. The van der Waals surface area contributed by atoms with E-state index in [0.717, 1.165) is 99.9 Å². The molecule has 0 bridgehead atoms. The van der Waals surface area contributed by atoms with E-state index in [2.05, 4.69) is 382 Å². The molecule has 0 heterocycles. The Labute approximate surface area is 829 Å². The summed E-state index contributed by atoms with van der Waals surface area (Å²) in [7, 11) is -3.38. The number of allylic oxidation sites excluding steroid dienone is 4. The van der Waals surface area contributed by atoms with Gasteiger partial charge in [0, 0.05) is 23.3 Å². The molecule has 11 aromatic rings. The van der Waals surface area contributed by atoms with Crippen molar-refractivity contribution in [1.82, 2.24) is 0 Å². The molecule has 0 atom stereocenters. The number of aryl methyl sites for hydroxylation is 9. The van der Waals surface area contributed by atoms with E-state index < -0.39 is 14.5 Å². The fraction of sp³-hybridized carbons (Fsp3) is 0.367. The monoisotopic (exact) mass is 1970 g/mol. The SMILES string of the molecule is C=CCCc1ccc(CBr)cc1.C=CCCc1ccc(CCCCCCBr)cc1.C=CCCc1ccc(CCCCCCC)cc1.C=CCCc1ccc(CCCCCC[P+](c2ccccc2)(c2ccccc2)c2ccccc2)cc1.CC(=O)SCCCCc1ccc(CCCCCC[P+](c2ccccc2)(c2ccccc2)c2ccccc2)cc1.[Br-].[CH2-]CCCCC.[Mg+2]. The van der Waals surface area contributed by atoms with Gasteiger partial charge >= 0.3 is 23.1 Å². The Morgan fingerprint density at radius 3 is 0.711 bits per heavy atom. The number of alkyl halides is 2. The van der Waals surface area contributed by atoms with Gasteiger partial charge in [-0.3, -0.25) is 4.79 Å². The topological polar surface area (TPSA) is 17.1 Å². The second-order valence-corrected chi connectivity index (χ2v) is 43.2. The minimum absolute atomic E-state index is 0. The first-order valence-electron chi connectivity index (χ1n) is 48.0. The third-order valence-electron chi connectivity index (χ3n) is 23.4. The molecule has 11 aromatic carbocycles. The number of carbonyl (C=O) groups is 1. The van der Waals surface area contributed by atoms with Gasteiger partial charge < -0.3 is 23.9 Å². The fourth-order valence-electron chi connectivity index (χ4n) is 16.0. The van der Waals surface area contributed by atoms with E-state index in [1.54, 1.807) is 6.92 Å². The third kappa shape index (κ3) is 46.2. The molecule has 0 aliphatic rings. The first kappa shape index (κ1) is 114. The average molecular weight is 1970 g/mol. The molecule has 0 radical (unpaired) electrons. The van der Waals surface area contributed by atoms with E-state index in [1.807, 2.05) is 24.3 Å². The van der Waals surface area contributed by atoms with Gasteiger partial charge in [0.15, 0.2) is 5.12 Å². The Morgan fingerprint density at radius 1 is 0.289 bits per heavy atom. The van der Waals surface area contributed by atoms with E-state index in [4.69, 9.17) is 0 Å². The minimum Gasteiger partial charge on any atom is -1.00 e. The van der Waals surface area contributed by atoms with Crippen LogP contribution in [0, 0.1) is 6.92 Å². The number of hydrogen-bond donors (Lipinski definition) is 0. The minimum atomic E-state index is -1.70. The van der Waals surface area contributed by atoms with Crippen LogP contribution in [0.5, 0.6) is 0 Å². The number of hydrogen-bond acceptors (Lipinski definition) is 2. The Balaban J connectivity index is 0.000000349. The van der Waals surface area contributed by atoms with Crippen LogP contribution in [0.2, 0.25) is 0 Å². The van der Waals surface area contributed by atoms with Crippen molar-refractivity contribution < 1.29 is 21.8 Å². The maximum Gasteiger partial charge on any atom is 2.00 e. The molecule has 0 saturated heterocycles. The normalized spacial score (nSPS) is 10.7.